The number of hydrogen-bond donors (Lipinski definition) is 3. The number of nitrogens with one attached hydrogen (secondary N) is 3. The van der Waals surface area contributed by atoms with Gasteiger partial charge in [-0.25, -0.2) is 0 Å². The predicted octanol–water partition coefficient (Wildman–Crippen LogP) is 1.22. The standard InChI is InChI=1S/C21H29N3O6/c1-6-29-20-15(11-16(25)30-20)24-17(26)12(2)22-18(27)19(28)23-14-10-8-7-9-13(14)21(3,4)5/h7-10,12,15,20H,6,11H2,1-5H3,(H,22,27)(H,23,28)(H,24,26)/t12-,15?,20?/m0/s1. The van der Waals surface area contributed by atoms with Crippen molar-refractivity contribution in [3.05, 3.63) is 29.8 Å². The fraction of sp³-hybridized carbons (Fsp3) is 0.524. The van der Waals surface area contributed by atoms with E-state index in [4.69, 9.17) is 9.47 Å². The van der Waals surface area contributed by atoms with Crippen molar-refractivity contribution in [3.63, 3.8) is 0 Å². The maximum Gasteiger partial charge on any atom is 0.313 e. The minimum Gasteiger partial charge on any atom is -0.433 e. The van der Waals surface area contributed by atoms with Crippen molar-refractivity contribution >= 4 is 29.4 Å². The Balaban J connectivity index is 1.94. The molecule has 9 nitrogen and oxygen atoms in total. The van der Waals surface area contributed by atoms with Crippen LogP contribution in [0.15, 0.2) is 24.3 Å². The molecule has 9 heteroatoms. The molecule has 0 bridgehead atoms. The molecular formula is C21H29N3O6. The van der Waals surface area contributed by atoms with Crippen LogP contribution in [0.1, 0.15) is 46.6 Å². The van der Waals surface area contributed by atoms with Crippen LogP contribution < -0.4 is 16.0 Å². The summed E-state index contributed by atoms with van der Waals surface area (Å²) in [6, 6.07) is 5.56. The molecule has 1 saturated heterocycles. The van der Waals surface area contributed by atoms with E-state index in [2.05, 4.69) is 16.0 Å². The highest BCUT2D eigenvalue weighted by atomic mass is 16.7. The highest BCUT2D eigenvalue weighted by Gasteiger charge is 2.37. The molecular weight excluding hydrogens is 390 g/mol. The van der Waals surface area contributed by atoms with Gasteiger partial charge in [0, 0.05) is 12.3 Å². The molecule has 2 unspecified atom stereocenters. The van der Waals surface area contributed by atoms with E-state index in [1.165, 1.54) is 6.92 Å². The van der Waals surface area contributed by atoms with E-state index in [0.717, 1.165) is 5.56 Å². The summed E-state index contributed by atoms with van der Waals surface area (Å²) < 4.78 is 10.3. The van der Waals surface area contributed by atoms with E-state index in [0.29, 0.717) is 12.3 Å². The van der Waals surface area contributed by atoms with Gasteiger partial charge in [0.2, 0.25) is 12.2 Å². The van der Waals surface area contributed by atoms with Crippen LogP contribution in [-0.2, 0) is 34.1 Å². The van der Waals surface area contributed by atoms with Gasteiger partial charge in [0.1, 0.15) is 12.1 Å². The number of para-hydroxylation sites is 1. The van der Waals surface area contributed by atoms with Crippen molar-refractivity contribution < 1.29 is 28.7 Å². The highest BCUT2D eigenvalue weighted by molar-refractivity contribution is 6.40. The smallest absolute Gasteiger partial charge is 0.313 e. The number of carbonyl (C=O) groups is 4. The van der Waals surface area contributed by atoms with Gasteiger partial charge in [-0.15, -0.1) is 0 Å². The summed E-state index contributed by atoms with van der Waals surface area (Å²) >= 11 is 0. The maximum absolute atomic E-state index is 12.4. The average Bonchev–Trinajstić information content (AvgIpc) is 3.00. The fourth-order valence-electron chi connectivity index (χ4n) is 3.03. The Bertz CT molecular complexity index is 817. The molecule has 1 aromatic rings. The number of hydrogen-bond acceptors (Lipinski definition) is 6. The van der Waals surface area contributed by atoms with Gasteiger partial charge in [0.25, 0.3) is 0 Å². The first-order valence-corrected chi connectivity index (χ1v) is 9.85. The van der Waals surface area contributed by atoms with Gasteiger partial charge in [-0.3, -0.25) is 19.2 Å². The van der Waals surface area contributed by atoms with E-state index in [1.807, 2.05) is 32.9 Å². The molecule has 1 aliphatic rings. The summed E-state index contributed by atoms with van der Waals surface area (Å²) in [6.07, 6.45) is -0.896. The second-order valence-corrected chi connectivity index (χ2v) is 8.08. The van der Waals surface area contributed by atoms with Gasteiger partial charge in [0.15, 0.2) is 0 Å². The zero-order chi connectivity index (χ0) is 22.5. The van der Waals surface area contributed by atoms with Crippen LogP contribution in [0.4, 0.5) is 5.69 Å². The second-order valence-electron chi connectivity index (χ2n) is 8.08. The third kappa shape index (κ3) is 6.03. The summed E-state index contributed by atoms with van der Waals surface area (Å²) in [6.45, 7) is 9.49. The minimum absolute atomic E-state index is 0.0266. The van der Waals surface area contributed by atoms with E-state index in [9.17, 15) is 19.2 Å². The Morgan fingerprint density at radius 3 is 2.50 bits per heavy atom. The van der Waals surface area contributed by atoms with Crippen molar-refractivity contribution in [3.8, 4) is 0 Å². The van der Waals surface area contributed by atoms with Crippen molar-refractivity contribution in [2.24, 2.45) is 0 Å². The van der Waals surface area contributed by atoms with Crippen molar-refractivity contribution in [2.45, 2.75) is 64.8 Å². The Labute approximate surface area is 175 Å². The second kappa shape index (κ2) is 9.71. The number of ether oxygens (including phenoxy) is 2. The van der Waals surface area contributed by atoms with Crippen molar-refractivity contribution in [1.29, 1.82) is 0 Å². The lowest BCUT2D eigenvalue weighted by Gasteiger charge is -2.23. The van der Waals surface area contributed by atoms with Crippen LogP contribution in [0, 0.1) is 0 Å². The van der Waals surface area contributed by atoms with Crippen molar-refractivity contribution in [2.75, 3.05) is 11.9 Å². The molecule has 164 valence electrons. The number of benzene rings is 1. The van der Waals surface area contributed by atoms with Gasteiger partial charge < -0.3 is 25.4 Å². The van der Waals surface area contributed by atoms with Crippen LogP contribution in [0.5, 0.6) is 0 Å². The van der Waals surface area contributed by atoms with Crippen molar-refractivity contribution in [1.82, 2.24) is 10.6 Å². The van der Waals surface area contributed by atoms with Crippen LogP contribution in [0.2, 0.25) is 0 Å². The van der Waals surface area contributed by atoms with Gasteiger partial charge in [-0.1, -0.05) is 39.0 Å². The third-order valence-electron chi connectivity index (χ3n) is 4.55. The molecule has 30 heavy (non-hydrogen) atoms. The quantitative estimate of drug-likeness (QED) is 0.471. The molecule has 3 amide bonds. The number of cyclic esters (lactones) is 1. The average molecular weight is 419 g/mol. The Kier molecular flexibility index (Phi) is 7.55. The molecule has 2 rings (SSSR count). The van der Waals surface area contributed by atoms with E-state index in [1.54, 1.807) is 19.1 Å². The monoisotopic (exact) mass is 419 g/mol. The SMILES string of the molecule is CCOC1OC(=O)CC1NC(=O)[C@H](C)NC(=O)C(=O)Nc1ccccc1C(C)(C)C. The molecule has 0 saturated carbocycles. The molecule has 0 spiro atoms. The van der Waals surface area contributed by atoms with Gasteiger partial charge in [-0.05, 0) is 30.9 Å². The molecule has 1 fully saturated rings. The summed E-state index contributed by atoms with van der Waals surface area (Å²) in [7, 11) is 0. The first kappa shape index (κ1) is 23.3. The number of esters is 1. The molecule has 3 N–H and O–H groups in total. The molecule has 3 atom stereocenters. The number of rotatable bonds is 6. The fourth-order valence-corrected chi connectivity index (χ4v) is 3.03. The lowest BCUT2D eigenvalue weighted by atomic mass is 9.86. The lowest BCUT2D eigenvalue weighted by Crippen LogP contribution is -2.52. The summed E-state index contributed by atoms with van der Waals surface area (Å²) in [5, 5.41) is 7.57. The van der Waals surface area contributed by atoms with E-state index >= 15 is 0 Å². The van der Waals surface area contributed by atoms with Crippen LogP contribution >= 0.6 is 0 Å². The predicted molar refractivity (Wildman–Crippen MR) is 109 cm³/mol. The van der Waals surface area contributed by atoms with Crippen LogP contribution in [0.3, 0.4) is 0 Å². The normalized spacial score (nSPS) is 19.6. The third-order valence-corrected chi connectivity index (χ3v) is 4.55. The van der Waals surface area contributed by atoms with Gasteiger partial charge in [-0.2, -0.15) is 0 Å². The summed E-state index contributed by atoms with van der Waals surface area (Å²) in [4.78, 5) is 48.4. The number of anilines is 1. The first-order chi connectivity index (χ1) is 14.0. The zero-order valence-electron chi connectivity index (χ0n) is 17.9. The molecule has 1 aliphatic heterocycles. The maximum atomic E-state index is 12.4. The molecule has 0 radical (unpaired) electrons. The van der Waals surface area contributed by atoms with E-state index in [-0.39, 0.29) is 11.8 Å². The Hall–Kier alpha value is -2.94. The largest absolute Gasteiger partial charge is 0.433 e. The van der Waals surface area contributed by atoms with Crippen LogP contribution in [0.25, 0.3) is 0 Å². The molecule has 1 heterocycles. The Morgan fingerprint density at radius 1 is 1.20 bits per heavy atom. The zero-order valence-corrected chi connectivity index (χ0v) is 17.9. The lowest BCUT2D eigenvalue weighted by molar-refractivity contribution is -0.164. The molecule has 0 aliphatic carbocycles. The topological polar surface area (TPSA) is 123 Å². The highest BCUT2D eigenvalue weighted by Crippen LogP contribution is 2.29. The van der Waals surface area contributed by atoms with Crippen LogP contribution in [-0.4, -0.2) is 48.7 Å². The molecule has 1 aromatic carbocycles. The Morgan fingerprint density at radius 2 is 1.87 bits per heavy atom. The van der Waals surface area contributed by atoms with Gasteiger partial charge in [0.05, 0.1) is 6.42 Å². The summed E-state index contributed by atoms with van der Waals surface area (Å²) in [5.74, 6) is -2.86. The number of amides is 3. The van der Waals surface area contributed by atoms with E-state index < -0.39 is 42.1 Å². The summed E-state index contributed by atoms with van der Waals surface area (Å²) in [5.41, 5.74) is 1.18. The molecule has 0 aromatic heterocycles. The minimum atomic E-state index is -1.00. The number of carbonyl (C=O) groups excluding carboxylic acids is 4. The first-order valence-electron chi connectivity index (χ1n) is 9.85. The van der Waals surface area contributed by atoms with Gasteiger partial charge >= 0.3 is 17.8 Å².